The molecule has 1 unspecified atom stereocenters. The molecule has 0 bridgehead atoms. The van der Waals surface area contributed by atoms with Crippen molar-refractivity contribution in [3.63, 3.8) is 0 Å². The average molecular weight is 257 g/mol. The second-order valence-corrected chi connectivity index (χ2v) is 5.01. The van der Waals surface area contributed by atoms with Gasteiger partial charge in [-0.2, -0.15) is 0 Å². The number of hydrogen-bond acceptors (Lipinski definition) is 4. The van der Waals surface area contributed by atoms with Crippen LogP contribution in [0, 0.1) is 5.92 Å². The second-order valence-electron chi connectivity index (χ2n) is 5.01. The smallest absolute Gasteiger partial charge is 0.334 e. The standard InChI is InChI=1S/C12H19NO5/c1-7-5-13(6-9(18-7)12(15)16)11(14)10(17-2)8-3-4-8/h7-10H,3-6H2,1-2H3,(H,15,16)/t7-,9-,10?/m1/s1. The number of aliphatic carboxylic acids is 1. The van der Waals surface area contributed by atoms with Gasteiger partial charge in [-0.1, -0.05) is 0 Å². The summed E-state index contributed by atoms with van der Waals surface area (Å²) in [4.78, 5) is 24.8. The molecule has 0 aromatic rings. The van der Waals surface area contributed by atoms with E-state index in [9.17, 15) is 9.59 Å². The van der Waals surface area contributed by atoms with Crippen LogP contribution in [-0.4, -0.2) is 60.4 Å². The van der Waals surface area contributed by atoms with E-state index in [1.54, 1.807) is 11.8 Å². The first-order chi connectivity index (χ1) is 8.52. The fraction of sp³-hybridized carbons (Fsp3) is 0.833. The van der Waals surface area contributed by atoms with Gasteiger partial charge in [-0.15, -0.1) is 0 Å². The van der Waals surface area contributed by atoms with Crippen LogP contribution in [0.15, 0.2) is 0 Å². The van der Waals surface area contributed by atoms with Crippen molar-refractivity contribution >= 4 is 11.9 Å². The molecule has 1 heterocycles. The molecular weight excluding hydrogens is 238 g/mol. The zero-order chi connectivity index (χ0) is 13.3. The lowest BCUT2D eigenvalue weighted by Gasteiger charge is -2.36. The van der Waals surface area contributed by atoms with Crippen LogP contribution >= 0.6 is 0 Å². The number of methoxy groups -OCH3 is 1. The Morgan fingerprint density at radius 3 is 2.56 bits per heavy atom. The maximum absolute atomic E-state index is 12.3. The fourth-order valence-electron chi connectivity index (χ4n) is 2.34. The molecule has 0 spiro atoms. The summed E-state index contributed by atoms with van der Waals surface area (Å²) in [5.74, 6) is -0.843. The second kappa shape index (κ2) is 5.24. The summed E-state index contributed by atoms with van der Waals surface area (Å²) in [6.07, 6.45) is 0.388. The van der Waals surface area contributed by atoms with E-state index in [4.69, 9.17) is 14.6 Å². The van der Waals surface area contributed by atoms with Crippen LogP contribution in [0.2, 0.25) is 0 Å². The summed E-state index contributed by atoms with van der Waals surface area (Å²) in [6.45, 7) is 2.30. The molecule has 2 aliphatic rings. The zero-order valence-electron chi connectivity index (χ0n) is 10.7. The quantitative estimate of drug-likeness (QED) is 0.773. The predicted octanol–water partition coefficient (Wildman–Crippen LogP) is 0.112. The van der Waals surface area contributed by atoms with E-state index in [-0.39, 0.29) is 18.6 Å². The average Bonchev–Trinajstić information content (AvgIpc) is 3.13. The van der Waals surface area contributed by atoms with Crippen molar-refractivity contribution in [1.29, 1.82) is 0 Å². The van der Waals surface area contributed by atoms with E-state index >= 15 is 0 Å². The molecule has 3 atom stereocenters. The lowest BCUT2D eigenvalue weighted by Crippen LogP contribution is -2.54. The Balaban J connectivity index is 2.02. The Kier molecular flexibility index (Phi) is 3.87. The molecule has 1 saturated carbocycles. The van der Waals surface area contributed by atoms with Crippen molar-refractivity contribution < 1.29 is 24.2 Å². The van der Waals surface area contributed by atoms with Crippen LogP contribution in [0.5, 0.6) is 0 Å². The predicted molar refractivity (Wildman–Crippen MR) is 62.1 cm³/mol. The van der Waals surface area contributed by atoms with E-state index in [1.165, 1.54) is 7.11 Å². The number of hydrogen-bond donors (Lipinski definition) is 1. The number of carbonyl (C=O) groups excluding carboxylic acids is 1. The maximum Gasteiger partial charge on any atom is 0.334 e. The summed E-state index contributed by atoms with van der Waals surface area (Å²) in [5, 5.41) is 8.98. The lowest BCUT2D eigenvalue weighted by molar-refractivity contribution is -0.170. The summed E-state index contributed by atoms with van der Waals surface area (Å²) in [7, 11) is 1.53. The van der Waals surface area contributed by atoms with Crippen molar-refractivity contribution in [3.05, 3.63) is 0 Å². The van der Waals surface area contributed by atoms with Crippen LogP contribution in [0.4, 0.5) is 0 Å². The van der Waals surface area contributed by atoms with Gasteiger partial charge >= 0.3 is 5.97 Å². The van der Waals surface area contributed by atoms with Crippen LogP contribution in [-0.2, 0) is 19.1 Å². The Morgan fingerprint density at radius 1 is 1.39 bits per heavy atom. The maximum atomic E-state index is 12.3. The SMILES string of the molecule is COC(C(=O)N1C[C@@H](C)O[C@@H](C(=O)O)C1)C1CC1. The first-order valence-corrected chi connectivity index (χ1v) is 6.22. The topological polar surface area (TPSA) is 76.1 Å². The molecule has 1 aliphatic carbocycles. The van der Waals surface area contributed by atoms with E-state index in [0.29, 0.717) is 12.5 Å². The Labute approximate surface area is 106 Å². The molecular formula is C12H19NO5. The first-order valence-electron chi connectivity index (χ1n) is 6.22. The fourth-order valence-corrected chi connectivity index (χ4v) is 2.34. The monoisotopic (exact) mass is 257 g/mol. The normalized spacial score (nSPS) is 30.0. The number of morpholine rings is 1. The minimum Gasteiger partial charge on any atom is -0.479 e. The number of nitrogens with zero attached hydrogens (tertiary/aromatic N) is 1. The molecule has 0 aromatic heterocycles. The van der Waals surface area contributed by atoms with Crippen LogP contribution < -0.4 is 0 Å². The number of ether oxygens (including phenoxy) is 2. The van der Waals surface area contributed by atoms with Crippen molar-refractivity contribution in [2.24, 2.45) is 5.92 Å². The van der Waals surface area contributed by atoms with Gasteiger partial charge in [0, 0.05) is 13.7 Å². The van der Waals surface area contributed by atoms with Crippen LogP contribution in [0.1, 0.15) is 19.8 Å². The van der Waals surface area contributed by atoms with Crippen molar-refractivity contribution in [3.8, 4) is 0 Å². The highest BCUT2D eigenvalue weighted by Crippen LogP contribution is 2.35. The van der Waals surface area contributed by atoms with Gasteiger partial charge in [-0.3, -0.25) is 4.79 Å². The van der Waals surface area contributed by atoms with Crippen molar-refractivity contribution in [2.75, 3.05) is 20.2 Å². The highest BCUT2D eigenvalue weighted by Gasteiger charge is 2.41. The zero-order valence-corrected chi connectivity index (χ0v) is 10.7. The van der Waals surface area contributed by atoms with Gasteiger partial charge in [-0.25, -0.2) is 4.79 Å². The molecule has 2 rings (SSSR count). The molecule has 6 heteroatoms. The Bertz CT molecular complexity index is 341. The summed E-state index contributed by atoms with van der Waals surface area (Å²) >= 11 is 0. The Hall–Kier alpha value is -1.14. The molecule has 1 saturated heterocycles. The van der Waals surface area contributed by atoms with Crippen LogP contribution in [0.3, 0.4) is 0 Å². The number of carbonyl (C=O) groups is 2. The summed E-state index contributed by atoms with van der Waals surface area (Å²) in [5.41, 5.74) is 0. The van der Waals surface area contributed by atoms with Gasteiger partial charge in [0.05, 0.1) is 12.6 Å². The minimum atomic E-state index is -1.03. The molecule has 1 aliphatic heterocycles. The number of carboxylic acids is 1. The van der Waals surface area contributed by atoms with E-state index in [2.05, 4.69) is 0 Å². The minimum absolute atomic E-state index is 0.102. The number of amides is 1. The van der Waals surface area contributed by atoms with Crippen molar-refractivity contribution in [2.45, 2.75) is 38.1 Å². The molecule has 2 fully saturated rings. The third kappa shape index (κ3) is 2.81. The van der Waals surface area contributed by atoms with Gasteiger partial charge in [0.1, 0.15) is 6.10 Å². The van der Waals surface area contributed by atoms with Crippen molar-refractivity contribution in [1.82, 2.24) is 4.90 Å². The molecule has 0 radical (unpaired) electrons. The third-order valence-corrected chi connectivity index (χ3v) is 3.39. The summed E-state index contributed by atoms with van der Waals surface area (Å²) < 4.78 is 10.5. The van der Waals surface area contributed by atoms with Gasteiger partial charge in [0.25, 0.3) is 5.91 Å². The van der Waals surface area contributed by atoms with E-state index in [1.807, 2.05) is 0 Å². The van der Waals surface area contributed by atoms with Gasteiger partial charge in [0.15, 0.2) is 6.10 Å². The third-order valence-electron chi connectivity index (χ3n) is 3.39. The molecule has 18 heavy (non-hydrogen) atoms. The highest BCUT2D eigenvalue weighted by atomic mass is 16.5. The van der Waals surface area contributed by atoms with Crippen LogP contribution in [0.25, 0.3) is 0 Å². The van der Waals surface area contributed by atoms with E-state index < -0.39 is 18.2 Å². The Morgan fingerprint density at radius 2 is 2.06 bits per heavy atom. The molecule has 6 nitrogen and oxygen atoms in total. The first kappa shape index (κ1) is 13.3. The lowest BCUT2D eigenvalue weighted by atomic mass is 10.1. The number of carboxylic acid groups (broad SMARTS) is 1. The molecule has 1 amide bonds. The largest absolute Gasteiger partial charge is 0.479 e. The molecule has 102 valence electrons. The summed E-state index contributed by atoms with van der Waals surface area (Å²) in [6, 6.07) is 0. The molecule has 1 N–H and O–H groups in total. The molecule has 0 aromatic carbocycles. The highest BCUT2D eigenvalue weighted by molar-refractivity contribution is 5.83. The van der Waals surface area contributed by atoms with Gasteiger partial charge in [-0.05, 0) is 25.7 Å². The van der Waals surface area contributed by atoms with Gasteiger partial charge < -0.3 is 19.5 Å². The van der Waals surface area contributed by atoms with Gasteiger partial charge in [0.2, 0.25) is 0 Å². The van der Waals surface area contributed by atoms with E-state index in [0.717, 1.165) is 12.8 Å². The number of rotatable bonds is 4.